The lowest BCUT2D eigenvalue weighted by Gasteiger charge is -2.29. The van der Waals surface area contributed by atoms with Crippen molar-refractivity contribution in [2.75, 3.05) is 25.0 Å². The number of imide groups is 1. The second-order valence-corrected chi connectivity index (χ2v) is 8.39. The van der Waals surface area contributed by atoms with E-state index in [0.29, 0.717) is 31.7 Å². The molecular weight excluding hydrogens is 408 g/mol. The number of hydrogen-bond acceptors (Lipinski definition) is 6. The molecule has 8 heteroatoms. The third kappa shape index (κ3) is 3.99. The molecule has 5 rings (SSSR count). The molecule has 2 aromatic carbocycles. The van der Waals surface area contributed by atoms with Gasteiger partial charge < -0.3 is 20.3 Å². The van der Waals surface area contributed by atoms with Crippen molar-refractivity contribution < 1.29 is 19.1 Å². The van der Waals surface area contributed by atoms with Crippen molar-refractivity contribution in [1.29, 1.82) is 0 Å². The number of anilines is 1. The summed E-state index contributed by atoms with van der Waals surface area (Å²) in [7, 11) is 0. The van der Waals surface area contributed by atoms with Crippen LogP contribution < -0.4 is 16.0 Å². The number of rotatable bonds is 5. The van der Waals surface area contributed by atoms with Crippen LogP contribution in [0.5, 0.6) is 0 Å². The number of amides is 3. The van der Waals surface area contributed by atoms with Crippen LogP contribution in [0.15, 0.2) is 42.5 Å². The smallest absolute Gasteiger partial charge is 0.255 e. The lowest BCUT2D eigenvalue weighted by Crippen LogP contribution is -2.52. The molecule has 8 nitrogen and oxygen atoms in total. The third-order valence-corrected chi connectivity index (χ3v) is 6.33. The fraction of sp³-hybridized carbons (Fsp3) is 0.375. The minimum Gasteiger partial charge on any atom is -0.381 e. The van der Waals surface area contributed by atoms with Gasteiger partial charge in [0.2, 0.25) is 11.8 Å². The van der Waals surface area contributed by atoms with Crippen LogP contribution in [0.1, 0.15) is 46.0 Å². The van der Waals surface area contributed by atoms with Crippen molar-refractivity contribution in [3.63, 3.8) is 0 Å². The molecule has 2 atom stereocenters. The summed E-state index contributed by atoms with van der Waals surface area (Å²) < 4.78 is 5.80. The molecule has 32 heavy (non-hydrogen) atoms. The minimum atomic E-state index is -0.600. The van der Waals surface area contributed by atoms with Crippen molar-refractivity contribution >= 4 is 23.4 Å². The fourth-order valence-electron chi connectivity index (χ4n) is 4.63. The molecule has 3 N–H and O–H groups in total. The van der Waals surface area contributed by atoms with E-state index in [9.17, 15) is 14.4 Å². The van der Waals surface area contributed by atoms with E-state index in [0.717, 1.165) is 35.5 Å². The van der Waals surface area contributed by atoms with Crippen LogP contribution in [-0.4, -0.2) is 48.4 Å². The van der Waals surface area contributed by atoms with E-state index in [-0.39, 0.29) is 30.2 Å². The molecule has 0 spiro atoms. The molecule has 166 valence electrons. The molecule has 0 aliphatic carbocycles. The van der Waals surface area contributed by atoms with Crippen LogP contribution >= 0.6 is 0 Å². The monoisotopic (exact) mass is 434 g/mol. The second kappa shape index (κ2) is 8.72. The normalized spacial score (nSPS) is 23.1. The lowest BCUT2D eigenvalue weighted by atomic mass is 10.0. The number of hydrogen-bond donors (Lipinski definition) is 3. The van der Waals surface area contributed by atoms with Crippen molar-refractivity contribution in [2.45, 2.75) is 38.1 Å². The molecule has 3 aliphatic heterocycles. The van der Waals surface area contributed by atoms with Crippen molar-refractivity contribution in [3.05, 3.63) is 64.7 Å². The van der Waals surface area contributed by atoms with E-state index in [1.165, 1.54) is 0 Å². The number of nitrogens with zero attached hydrogens (tertiary/aromatic N) is 1. The van der Waals surface area contributed by atoms with Gasteiger partial charge in [-0.2, -0.15) is 0 Å². The second-order valence-electron chi connectivity index (χ2n) is 8.39. The van der Waals surface area contributed by atoms with Gasteiger partial charge in [0.05, 0.1) is 12.7 Å². The van der Waals surface area contributed by atoms with Gasteiger partial charge in [-0.15, -0.1) is 0 Å². The van der Waals surface area contributed by atoms with Gasteiger partial charge in [-0.05, 0) is 35.2 Å². The fourth-order valence-corrected chi connectivity index (χ4v) is 4.63. The number of carbonyl (C=O) groups is 3. The average molecular weight is 434 g/mol. The third-order valence-electron chi connectivity index (χ3n) is 6.33. The van der Waals surface area contributed by atoms with E-state index in [4.69, 9.17) is 4.74 Å². The van der Waals surface area contributed by atoms with Crippen LogP contribution in [0.3, 0.4) is 0 Å². The van der Waals surface area contributed by atoms with E-state index in [1.54, 1.807) is 4.90 Å². The lowest BCUT2D eigenvalue weighted by molar-refractivity contribution is -0.136. The summed E-state index contributed by atoms with van der Waals surface area (Å²) in [6.45, 7) is 3.30. The number of nitrogens with one attached hydrogen (secondary N) is 3. The Bertz CT molecular complexity index is 1050. The van der Waals surface area contributed by atoms with Crippen molar-refractivity contribution in [3.8, 4) is 0 Å². The average Bonchev–Trinajstić information content (AvgIpc) is 3.15. The highest BCUT2D eigenvalue weighted by atomic mass is 16.5. The molecule has 3 heterocycles. The van der Waals surface area contributed by atoms with Gasteiger partial charge in [-0.3, -0.25) is 19.7 Å². The van der Waals surface area contributed by atoms with Crippen LogP contribution in [0, 0.1) is 0 Å². The number of ether oxygens (including phenoxy) is 1. The number of benzene rings is 2. The first-order chi connectivity index (χ1) is 15.6. The summed E-state index contributed by atoms with van der Waals surface area (Å²) in [4.78, 5) is 38.5. The molecular formula is C24H26N4O4. The summed E-state index contributed by atoms with van der Waals surface area (Å²) in [5.41, 5.74) is 4.56. The SMILES string of the molecule is O=C1CCC(N2Cc3cccc(CNc4ccc(C5CNCCO5)cc4)c3C2=O)C(=O)N1. The summed E-state index contributed by atoms with van der Waals surface area (Å²) in [6, 6.07) is 13.4. The highest BCUT2D eigenvalue weighted by Gasteiger charge is 2.39. The maximum absolute atomic E-state index is 13.2. The molecule has 2 unspecified atom stereocenters. The first kappa shape index (κ1) is 20.7. The maximum Gasteiger partial charge on any atom is 0.255 e. The number of fused-ring (bicyclic) bond motifs is 1. The molecule has 2 aromatic rings. The topological polar surface area (TPSA) is 99.8 Å². The van der Waals surface area contributed by atoms with E-state index >= 15 is 0 Å². The van der Waals surface area contributed by atoms with E-state index < -0.39 is 6.04 Å². The van der Waals surface area contributed by atoms with Crippen LogP contribution in [0.25, 0.3) is 0 Å². The van der Waals surface area contributed by atoms with Gasteiger partial charge in [0.1, 0.15) is 6.04 Å². The predicted molar refractivity (Wildman–Crippen MR) is 118 cm³/mol. The Labute approximate surface area is 186 Å². The van der Waals surface area contributed by atoms with Crippen LogP contribution in [0.4, 0.5) is 5.69 Å². The number of carbonyl (C=O) groups excluding carboxylic acids is 3. The molecule has 0 aromatic heterocycles. The van der Waals surface area contributed by atoms with Gasteiger partial charge in [0.15, 0.2) is 0 Å². The summed E-state index contributed by atoms with van der Waals surface area (Å²) in [5, 5.41) is 9.08. The van der Waals surface area contributed by atoms with Crippen LogP contribution in [0.2, 0.25) is 0 Å². The van der Waals surface area contributed by atoms with Crippen molar-refractivity contribution in [1.82, 2.24) is 15.5 Å². The Hall–Kier alpha value is -3.23. The Morgan fingerprint density at radius 3 is 2.69 bits per heavy atom. The molecule has 0 saturated carbocycles. The maximum atomic E-state index is 13.2. The zero-order chi connectivity index (χ0) is 22.1. The minimum absolute atomic E-state index is 0.0751. The molecule has 0 bridgehead atoms. The number of morpholine rings is 1. The first-order valence-electron chi connectivity index (χ1n) is 11.0. The summed E-state index contributed by atoms with van der Waals surface area (Å²) in [6.07, 6.45) is 0.694. The Morgan fingerprint density at radius 1 is 1.09 bits per heavy atom. The largest absolute Gasteiger partial charge is 0.381 e. The molecule has 0 radical (unpaired) electrons. The zero-order valence-electron chi connectivity index (χ0n) is 17.7. The highest BCUT2D eigenvalue weighted by Crippen LogP contribution is 2.30. The Balaban J connectivity index is 1.27. The zero-order valence-corrected chi connectivity index (χ0v) is 17.7. The van der Waals surface area contributed by atoms with E-state index in [1.807, 2.05) is 30.3 Å². The van der Waals surface area contributed by atoms with Gasteiger partial charge in [-0.1, -0.05) is 30.3 Å². The Kier molecular flexibility index (Phi) is 5.63. The van der Waals surface area contributed by atoms with Crippen LogP contribution in [-0.2, 0) is 27.4 Å². The molecule has 2 fully saturated rings. The van der Waals surface area contributed by atoms with Gasteiger partial charge in [0.25, 0.3) is 5.91 Å². The quantitative estimate of drug-likeness (QED) is 0.620. The number of piperidine rings is 1. The standard InChI is InChI=1S/C24H26N4O4/c29-21-9-8-19(23(30)27-21)28-14-17-3-1-2-16(22(17)24(28)31)12-26-18-6-4-15(5-7-18)20-13-25-10-11-32-20/h1-7,19-20,25-26H,8-14H2,(H,27,29,30). The summed E-state index contributed by atoms with van der Waals surface area (Å²) in [5.74, 6) is -0.818. The van der Waals surface area contributed by atoms with Gasteiger partial charge >= 0.3 is 0 Å². The van der Waals surface area contributed by atoms with Crippen molar-refractivity contribution in [2.24, 2.45) is 0 Å². The van der Waals surface area contributed by atoms with Gasteiger partial charge in [0, 0.05) is 43.9 Å². The Morgan fingerprint density at radius 2 is 1.94 bits per heavy atom. The van der Waals surface area contributed by atoms with Gasteiger partial charge in [-0.25, -0.2) is 0 Å². The first-order valence-corrected chi connectivity index (χ1v) is 11.0. The molecule has 3 amide bonds. The highest BCUT2D eigenvalue weighted by molar-refractivity contribution is 6.06. The molecule has 2 saturated heterocycles. The van der Waals surface area contributed by atoms with E-state index in [2.05, 4.69) is 28.1 Å². The predicted octanol–water partition coefficient (Wildman–Crippen LogP) is 1.72. The summed E-state index contributed by atoms with van der Waals surface area (Å²) >= 11 is 0. The molecule has 3 aliphatic rings.